The van der Waals surface area contributed by atoms with E-state index < -0.39 is 0 Å². The zero-order valence-corrected chi connectivity index (χ0v) is 11.2. The minimum absolute atomic E-state index is 0.0485. The van der Waals surface area contributed by atoms with Crippen LogP contribution in [0.25, 0.3) is 0 Å². The molecule has 0 N–H and O–H groups in total. The predicted octanol–water partition coefficient (Wildman–Crippen LogP) is 2.52. The van der Waals surface area contributed by atoms with Gasteiger partial charge < -0.3 is 4.74 Å². The van der Waals surface area contributed by atoms with Crippen molar-refractivity contribution in [2.75, 3.05) is 12.9 Å². The van der Waals surface area contributed by atoms with Gasteiger partial charge in [-0.25, -0.2) is 4.99 Å². The number of rotatable bonds is 4. The normalized spacial score (nSPS) is 13.3. The molecule has 0 saturated heterocycles. The van der Waals surface area contributed by atoms with Crippen molar-refractivity contribution in [2.45, 2.75) is 19.9 Å². The van der Waals surface area contributed by atoms with E-state index in [1.807, 2.05) is 26.0 Å². The largest absolute Gasteiger partial charge is 0.481 e. The van der Waals surface area contributed by atoms with Gasteiger partial charge in [0.25, 0.3) is 0 Å². The lowest BCUT2D eigenvalue weighted by molar-refractivity contribution is 0.112. The summed E-state index contributed by atoms with van der Waals surface area (Å²) in [6.07, 6.45) is 0.822. The van der Waals surface area contributed by atoms with E-state index in [0.717, 1.165) is 17.4 Å². The summed E-state index contributed by atoms with van der Waals surface area (Å²) >= 11 is 4.18. The summed E-state index contributed by atoms with van der Waals surface area (Å²) in [6.45, 7) is 3.88. The van der Waals surface area contributed by atoms with E-state index in [4.69, 9.17) is 4.74 Å². The van der Waals surface area contributed by atoms with Crippen LogP contribution >= 0.6 is 12.6 Å². The fourth-order valence-corrected chi connectivity index (χ4v) is 1.62. The maximum atomic E-state index is 11.0. The maximum Gasteiger partial charge on any atom is 0.217 e. The molecule has 0 spiro atoms. The molecule has 1 unspecified atom stereocenters. The van der Waals surface area contributed by atoms with Crippen molar-refractivity contribution in [2.24, 2.45) is 4.99 Å². The van der Waals surface area contributed by atoms with E-state index in [1.165, 1.54) is 0 Å². The molecule has 1 rings (SSSR count). The van der Waals surface area contributed by atoms with Crippen LogP contribution in [0.2, 0.25) is 0 Å². The topological polar surface area (TPSA) is 38.7 Å². The summed E-state index contributed by atoms with van der Waals surface area (Å²) in [5.74, 6) is 1.13. The molecular formula is C13H17NO2S. The van der Waals surface area contributed by atoms with Gasteiger partial charge in [-0.05, 0) is 19.4 Å². The van der Waals surface area contributed by atoms with Crippen LogP contribution < -0.4 is 0 Å². The van der Waals surface area contributed by atoms with Gasteiger partial charge in [0.05, 0.1) is 13.2 Å². The Morgan fingerprint density at radius 2 is 2.29 bits per heavy atom. The number of carbonyl (C=O) groups is 1. The first-order chi connectivity index (χ1) is 8.13. The lowest BCUT2D eigenvalue weighted by Crippen LogP contribution is -2.13. The third kappa shape index (κ3) is 3.33. The van der Waals surface area contributed by atoms with Gasteiger partial charge in [0, 0.05) is 16.9 Å². The number of aryl methyl sites for hydroxylation is 1. The van der Waals surface area contributed by atoms with Gasteiger partial charge >= 0.3 is 0 Å². The van der Waals surface area contributed by atoms with Gasteiger partial charge in [0.15, 0.2) is 6.29 Å². The monoisotopic (exact) mass is 251 g/mol. The molecule has 0 aliphatic heterocycles. The minimum atomic E-state index is 0.0485. The van der Waals surface area contributed by atoms with Gasteiger partial charge in [-0.2, -0.15) is 12.6 Å². The van der Waals surface area contributed by atoms with Gasteiger partial charge in [0.2, 0.25) is 5.90 Å². The van der Waals surface area contributed by atoms with Crippen LogP contribution in [-0.2, 0) is 4.74 Å². The van der Waals surface area contributed by atoms with Crippen LogP contribution in [0, 0.1) is 6.92 Å². The number of hydrogen-bond acceptors (Lipinski definition) is 4. The Balaban J connectivity index is 3.29. The van der Waals surface area contributed by atoms with E-state index in [1.54, 1.807) is 13.2 Å². The number of benzene rings is 1. The van der Waals surface area contributed by atoms with E-state index >= 15 is 0 Å². The summed E-state index contributed by atoms with van der Waals surface area (Å²) in [5, 5.41) is 0. The zero-order chi connectivity index (χ0) is 12.8. The molecule has 0 bridgehead atoms. The number of hydrogen-bond donors (Lipinski definition) is 1. The van der Waals surface area contributed by atoms with Crippen molar-refractivity contribution in [3.05, 3.63) is 34.9 Å². The molecule has 0 aromatic heterocycles. The van der Waals surface area contributed by atoms with Crippen LogP contribution in [0.15, 0.2) is 23.2 Å². The van der Waals surface area contributed by atoms with Crippen molar-refractivity contribution in [3.63, 3.8) is 0 Å². The molecule has 0 heterocycles. The molecule has 1 atom stereocenters. The molecule has 0 aliphatic carbocycles. The van der Waals surface area contributed by atoms with Crippen molar-refractivity contribution in [1.82, 2.24) is 0 Å². The lowest BCUT2D eigenvalue weighted by atomic mass is 10.0. The van der Waals surface area contributed by atoms with E-state index in [0.29, 0.717) is 17.2 Å². The zero-order valence-electron chi connectivity index (χ0n) is 10.3. The number of methoxy groups -OCH3 is 1. The lowest BCUT2D eigenvalue weighted by Gasteiger charge is -2.12. The Morgan fingerprint density at radius 1 is 1.59 bits per heavy atom. The van der Waals surface area contributed by atoms with Crippen LogP contribution in [0.1, 0.15) is 28.4 Å². The van der Waals surface area contributed by atoms with Gasteiger partial charge in [-0.3, -0.25) is 4.79 Å². The number of aldehydes is 1. The summed E-state index contributed by atoms with van der Waals surface area (Å²) in [5.41, 5.74) is 2.33. The fourth-order valence-electron chi connectivity index (χ4n) is 1.54. The minimum Gasteiger partial charge on any atom is -0.481 e. The van der Waals surface area contributed by atoms with E-state index in [9.17, 15) is 4.79 Å². The Labute approximate surface area is 107 Å². The smallest absolute Gasteiger partial charge is 0.217 e. The molecule has 0 amide bonds. The molecule has 17 heavy (non-hydrogen) atoms. The standard InChI is InChI=1S/C13H17NO2S/c1-9-5-4-6-11(7-15)12(9)13(16-3)14-10(2)8-17/h4-7,10,17H,8H2,1-3H3. The molecular weight excluding hydrogens is 234 g/mol. The highest BCUT2D eigenvalue weighted by molar-refractivity contribution is 7.80. The Kier molecular flexibility index (Phi) is 5.22. The van der Waals surface area contributed by atoms with Crippen molar-refractivity contribution in [3.8, 4) is 0 Å². The summed E-state index contributed by atoms with van der Waals surface area (Å²) in [7, 11) is 1.56. The van der Waals surface area contributed by atoms with Crippen LogP contribution in [0.3, 0.4) is 0 Å². The SMILES string of the molecule is COC(=NC(C)CS)c1c(C)cccc1C=O. The Morgan fingerprint density at radius 3 is 2.82 bits per heavy atom. The second-order valence-electron chi connectivity index (χ2n) is 3.83. The third-order valence-corrected chi connectivity index (χ3v) is 2.97. The van der Waals surface area contributed by atoms with Crippen LogP contribution in [0.5, 0.6) is 0 Å². The molecule has 0 radical (unpaired) electrons. The van der Waals surface area contributed by atoms with Gasteiger partial charge in [-0.15, -0.1) is 0 Å². The molecule has 3 nitrogen and oxygen atoms in total. The molecule has 1 aromatic rings. The highest BCUT2D eigenvalue weighted by atomic mass is 32.1. The third-order valence-electron chi connectivity index (χ3n) is 2.44. The Bertz CT molecular complexity index is 429. The van der Waals surface area contributed by atoms with Crippen molar-refractivity contribution in [1.29, 1.82) is 0 Å². The number of carbonyl (C=O) groups excluding carboxylic acids is 1. The summed E-state index contributed by atoms with van der Waals surface area (Å²) in [6, 6.07) is 5.59. The van der Waals surface area contributed by atoms with E-state index in [-0.39, 0.29) is 6.04 Å². The first-order valence-corrected chi connectivity index (χ1v) is 6.05. The number of thiol groups is 1. The quantitative estimate of drug-likeness (QED) is 0.386. The second kappa shape index (κ2) is 6.45. The van der Waals surface area contributed by atoms with Crippen molar-refractivity contribution >= 4 is 24.8 Å². The highest BCUT2D eigenvalue weighted by Crippen LogP contribution is 2.15. The molecule has 0 fully saturated rings. The van der Waals surface area contributed by atoms with Crippen LogP contribution in [-0.4, -0.2) is 31.1 Å². The average Bonchev–Trinajstić information content (AvgIpc) is 2.35. The predicted molar refractivity (Wildman–Crippen MR) is 73.4 cm³/mol. The summed E-state index contributed by atoms with van der Waals surface area (Å²) < 4.78 is 5.29. The maximum absolute atomic E-state index is 11.0. The van der Waals surface area contributed by atoms with Crippen LogP contribution in [0.4, 0.5) is 0 Å². The molecule has 0 saturated carbocycles. The van der Waals surface area contributed by atoms with Crippen molar-refractivity contribution < 1.29 is 9.53 Å². The average molecular weight is 251 g/mol. The molecule has 1 aromatic carbocycles. The highest BCUT2D eigenvalue weighted by Gasteiger charge is 2.13. The molecule has 0 aliphatic rings. The number of aliphatic imine (C=N–C) groups is 1. The van der Waals surface area contributed by atoms with Gasteiger partial charge in [-0.1, -0.05) is 18.2 Å². The van der Waals surface area contributed by atoms with E-state index in [2.05, 4.69) is 17.6 Å². The first-order valence-electron chi connectivity index (χ1n) is 5.41. The van der Waals surface area contributed by atoms with Gasteiger partial charge in [0.1, 0.15) is 0 Å². The second-order valence-corrected chi connectivity index (χ2v) is 4.19. The summed E-state index contributed by atoms with van der Waals surface area (Å²) in [4.78, 5) is 15.4. The number of ether oxygens (including phenoxy) is 1. The molecule has 92 valence electrons. The fraction of sp³-hybridized carbons (Fsp3) is 0.385. The first kappa shape index (κ1) is 13.8. The molecule has 4 heteroatoms. The number of nitrogens with zero attached hydrogens (tertiary/aromatic N) is 1. The Hall–Kier alpha value is -1.29.